The van der Waals surface area contributed by atoms with Crippen LogP contribution in [0.4, 0.5) is 9.59 Å². The van der Waals surface area contributed by atoms with E-state index >= 15 is 0 Å². The van der Waals surface area contributed by atoms with Gasteiger partial charge in [-0.3, -0.25) is 4.90 Å². The number of nitrogens with zero attached hydrogens (tertiary/aromatic N) is 3. The minimum atomic E-state index is -0.525. The van der Waals surface area contributed by atoms with Crippen molar-refractivity contribution in [2.24, 2.45) is 5.92 Å². The zero-order valence-corrected chi connectivity index (χ0v) is 21.0. The zero-order valence-electron chi connectivity index (χ0n) is 21.0. The number of furan rings is 1. The van der Waals surface area contributed by atoms with Crippen LogP contribution >= 0.6 is 0 Å². The SMILES string of the molecule is CC(C)N(C[C@H]1CCCN(C(=O)NC[C@@H](c2ccco2)N2CCCC2)C1)C(=O)OC(C)(C)C. The lowest BCUT2D eigenvalue weighted by molar-refractivity contribution is 0.0131. The predicted molar refractivity (Wildman–Crippen MR) is 128 cm³/mol. The number of likely N-dealkylation sites (tertiary alicyclic amines) is 2. The van der Waals surface area contributed by atoms with Crippen LogP contribution in [0.2, 0.25) is 0 Å². The molecular weight excluding hydrogens is 420 g/mol. The molecule has 2 atom stereocenters. The molecule has 3 rings (SSSR count). The van der Waals surface area contributed by atoms with Gasteiger partial charge in [-0.2, -0.15) is 0 Å². The molecule has 0 aromatic carbocycles. The largest absolute Gasteiger partial charge is 0.468 e. The van der Waals surface area contributed by atoms with E-state index in [2.05, 4.69) is 10.2 Å². The molecule has 0 radical (unpaired) electrons. The van der Waals surface area contributed by atoms with Crippen molar-refractivity contribution < 1.29 is 18.7 Å². The van der Waals surface area contributed by atoms with Gasteiger partial charge in [-0.05, 0) is 91.4 Å². The van der Waals surface area contributed by atoms with Crippen molar-refractivity contribution in [1.82, 2.24) is 20.0 Å². The van der Waals surface area contributed by atoms with E-state index in [0.29, 0.717) is 19.6 Å². The number of carbonyl (C=O) groups is 2. The second-order valence-corrected chi connectivity index (χ2v) is 10.6. The number of carbonyl (C=O) groups excluding carboxylic acids is 2. The molecule has 0 bridgehead atoms. The van der Waals surface area contributed by atoms with Crippen LogP contribution in [0.1, 0.15) is 72.1 Å². The van der Waals surface area contributed by atoms with E-state index in [4.69, 9.17) is 9.15 Å². The Kier molecular flexibility index (Phi) is 8.68. The first kappa shape index (κ1) is 25.4. The van der Waals surface area contributed by atoms with Crippen LogP contribution < -0.4 is 5.32 Å². The first-order valence-electron chi connectivity index (χ1n) is 12.4. The van der Waals surface area contributed by atoms with Crippen LogP contribution in [0.25, 0.3) is 0 Å². The smallest absolute Gasteiger partial charge is 0.410 e. The molecule has 0 aliphatic carbocycles. The van der Waals surface area contributed by atoms with Crippen LogP contribution in [0.15, 0.2) is 22.8 Å². The molecular formula is C25H42N4O4. The van der Waals surface area contributed by atoms with Gasteiger partial charge < -0.3 is 24.3 Å². The topological polar surface area (TPSA) is 78.3 Å². The summed E-state index contributed by atoms with van der Waals surface area (Å²) < 4.78 is 11.3. The molecule has 2 saturated heterocycles. The highest BCUT2D eigenvalue weighted by Gasteiger charge is 2.31. The summed E-state index contributed by atoms with van der Waals surface area (Å²) in [6, 6.07) is 3.96. The van der Waals surface area contributed by atoms with E-state index in [-0.39, 0.29) is 30.1 Å². The Morgan fingerprint density at radius 3 is 2.55 bits per heavy atom. The second-order valence-electron chi connectivity index (χ2n) is 10.6. The van der Waals surface area contributed by atoms with Crippen molar-refractivity contribution >= 4 is 12.1 Å². The van der Waals surface area contributed by atoms with E-state index in [9.17, 15) is 9.59 Å². The molecule has 2 fully saturated rings. The summed E-state index contributed by atoms with van der Waals surface area (Å²) in [5, 5.41) is 3.15. The molecule has 1 aromatic heterocycles. The second kappa shape index (κ2) is 11.3. The van der Waals surface area contributed by atoms with Crippen LogP contribution in [-0.4, -0.2) is 77.7 Å². The lowest BCUT2D eigenvalue weighted by atomic mass is 9.97. The Hall–Kier alpha value is -2.22. The standard InChI is InChI=1S/C25H42N4O4/c1-19(2)29(24(31)33-25(3,4)5)18-20-10-8-14-28(17-20)23(30)26-16-21(22-11-9-15-32-22)27-12-6-7-13-27/h9,11,15,19-21H,6-8,10,12-14,16-18H2,1-5H3,(H,26,30)/t20-,21-/m0/s1. The number of amides is 3. The van der Waals surface area contributed by atoms with Crippen molar-refractivity contribution in [2.45, 2.75) is 78.0 Å². The highest BCUT2D eigenvalue weighted by Crippen LogP contribution is 2.25. The van der Waals surface area contributed by atoms with Crippen molar-refractivity contribution in [3.63, 3.8) is 0 Å². The van der Waals surface area contributed by atoms with Gasteiger partial charge in [0.2, 0.25) is 0 Å². The van der Waals surface area contributed by atoms with Crippen LogP contribution in [0.3, 0.4) is 0 Å². The molecule has 33 heavy (non-hydrogen) atoms. The van der Waals surface area contributed by atoms with Gasteiger partial charge in [-0.15, -0.1) is 0 Å². The van der Waals surface area contributed by atoms with E-state index < -0.39 is 5.60 Å². The molecule has 0 spiro atoms. The van der Waals surface area contributed by atoms with Gasteiger partial charge in [0.25, 0.3) is 0 Å². The Bertz CT molecular complexity index is 753. The summed E-state index contributed by atoms with van der Waals surface area (Å²) in [5.74, 6) is 1.14. The number of hydrogen-bond donors (Lipinski definition) is 1. The fraction of sp³-hybridized carbons (Fsp3) is 0.760. The Morgan fingerprint density at radius 2 is 1.94 bits per heavy atom. The molecule has 3 heterocycles. The molecule has 0 unspecified atom stereocenters. The van der Waals surface area contributed by atoms with Gasteiger partial charge >= 0.3 is 12.1 Å². The minimum Gasteiger partial charge on any atom is -0.468 e. The number of urea groups is 1. The monoisotopic (exact) mass is 462 g/mol. The fourth-order valence-corrected chi connectivity index (χ4v) is 4.73. The molecule has 1 aromatic rings. The van der Waals surface area contributed by atoms with E-state index in [0.717, 1.165) is 38.2 Å². The fourth-order valence-electron chi connectivity index (χ4n) is 4.73. The average molecular weight is 463 g/mol. The maximum atomic E-state index is 13.0. The minimum absolute atomic E-state index is 0.0381. The summed E-state index contributed by atoms with van der Waals surface area (Å²) in [7, 11) is 0. The molecule has 1 N–H and O–H groups in total. The summed E-state index contributed by atoms with van der Waals surface area (Å²) in [6.45, 7) is 14.2. The maximum Gasteiger partial charge on any atom is 0.410 e. The normalized spacial score (nSPS) is 20.7. The molecule has 8 heteroatoms. The Morgan fingerprint density at radius 1 is 1.21 bits per heavy atom. The maximum absolute atomic E-state index is 13.0. The van der Waals surface area contributed by atoms with Crippen molar-refractivity contribution in [2.75, 3.05) is 39.3 Å². The van der Waals surface area contributed by atoms with Gasteiger partial charge in [0, 0.05) is 32.2 Å². The number of rotatable bonds is 7. The third-order valence-corrected chi connectivity index (χ3v) is 6.41. The van der Waals surface area contributed by atoms with Gasteiger partial charge in [0.1, 0.15) is 11.4 Å². The Balaban J connectivity index is 1.55. The number of ether oxygens (including phenoxy) is 1. The van der Waals surface area contributed by atoms with Gasteiger partial charge in [0.15, 0.2) is 0 Å². The Labute approximate surface area is 198 Å². The highest BCUT2D eigenvalue weighted by molar-refractivity contribution is 5.74. The number of nitrogens with one attached hydrogen (secondary N) is 1. The van der Waals surface area contributed by atoms with Gasteiger partial charge in [-0.25, -0.2) is 9.59 Å². The molecule has 186 valence electrons. The van der Waals surface area contributed by atoms with E-state index in [1.807, 2.05) is 51.7 Å². The third kappa shape index (κ3) is 7.39. The van der Waals surface area contributed by atoms with Crippen LogP contribution in [0, 0.1) is 5.92 Å². The molecule has 8 nitrogen and oxygen atoms in total. The summed E-state index contributed by atoms with van der Waals surface area (Å²) in [6.07, 6.45) is 5.71. The third-order valence-electron chi connectivity index (χ3n) is 6.41. The molecule has 3 amide bonds. The van der Waals surface area contributed by atoms with Gasteiger partial charge in [-0.1, -0.05) is 0 Å². The van der Waals surface area contributed by atoms with Crippen LogP contribution in [-0.2, 0) is 4.74 Å². The first-order valence-corrected chi connectivity index (χ1v) is 12.4. The quantitative estimate of drug-likeness (QED) is 0.646. The molecule has 2 aliphatic rings. The average Bonchev–Trinajstić information content (AvgIpc) is 3.45. The van der Waals surface area contributed by atoms with Crippen LogP contribution in [0.5, 0.6) is 0 Å². The summed E-state index contributed by atoms with van der Waals surface area (Å²) in [4.78, 5) is 31.8. The predicted octanol–water partition coefficient (Wildman–Crippen LogP) is 4.48. The number of piperidine rings is 1. The zero-order chi connectivity index (χ0) is 24.0. The lowest BCUT2D eigenvalue weighted by Crippen LogP contribution is -2.51. The van der Waals surface area contributed by atoms with E-state index in [1.165, 1.54) is 12.8 Å². The molecule has 2 aliphatic heterocycles. The number of hydrogen-bond acceptors (Lipinski definition) is 5. The summed E-state index contributed by atoms with van der Waals surface area (Å²) in [5.41, 5.74) is -0.525. The van der Waals surface area contributed by atoms with Gasteiger partial charge in [0.05, 0.1) is 12.3 Å². The highest BCUT2D eigenvalue weighted by atomic mass is 16.6. The van der Waals surface area contributed by atoms with Crippen molar-refractivity contribution in [3.05, 3.63) is 24.2 Å². The summed E-state index contributed by atoms with van der Waals surface area (Å²) >= 11 is 0. The lowest BCUT2D eigenvalue weighted by Gasteiger charge is -2.37. The van der Waals surface area contributed by atoms with E-state index in [1.54, 1.807) is 11.2 Å². The first-order chi connectivity index (χ1) is 15.6. The molecule has 0 saturated carbocycles. The van der Waals surface area contributed by atoms with Crippen molar-refractivity contribution in [3.8, 4) is 0 Å². The van der Waals surface area contributed by atoms with Crippen molar-refractivity contribution in [1.29, 1.82) is 0 Å².